The van der Waals surface area contributed by atoms with E-state index in [1.165, 1.54) is 10.9 Å². The zero-order valence-electron chi connectivity index (χ0n) is 13.5. The van der Waals surface area contributed by atoms with Gasteiger partial charge >= 0.3 is 0 Å². The summed E-state index contributed by atoms with van der Waals surface area (Å²) in [5, 5.41) is 14.5. The summed E-state index contributed by atoms with van der Waals surface area (Å²) >= 11 is 23.3. The van der Waals surface area contributed by atoms with Crippen molar-refractivity contribution in [3.8, 4) is 11.8 Å². The Bertz CT molecular complexity index is 966. The third-order valence-electron chi connectivity index (χ3n) is 3.19. The first-order valence-electron chi connectivity index (χ1n) is 6.99. The monoisotopic (exact) mass is 464 g/mol. The van der Waals surface area contributed by atoms with Crippen LogP contribution in [0.2, 0.25) is 20.1 Å². The molecule has 0 amide bonds. The molecule has 1 heterocycles. The Morgan fingerprint density at radius 2 is 1.59 bits per heavy atom. The van der Waals surface area contributed by atoms with Crippen LogP contribution < -0.4 is 17.0 Å². The Morgan fingerprint density at radius 3 is 2.11 bits per heavy atom. The van der Waals surface area contributed by atoms with Crippen molar-refractivity contribution < 1.29 is 0 Å². The maximum Gasteiger partial charge on any atom is 0.145 e. The number of hydrogen-bond acceptors (Lipinski definition) is 5. The van der Waals surface area contributed by atoms with Crippen LogP contribution in [-0.2, 0) is 0 Å². The Morgan fingerprint density at radius 1 is 1.00 bits per heavy atom. The number of nitrogens with one attached hydrogen (secondary N) is 1. The van der Waals surface area contributed by atoms with Gasteiger partial charge < -0.3 is 11.2 Å². The zero-order valence-corrected chi connectivity index (χ0v) is 17.3. The maximum absolute atomic E-state index is 8.76. The molecule has 0 aliphatic rings. The van der Waals surface area contributed by atoms with E-state index in [-0.39, 0.29) is 18.2 Å². The number of nitrogens with two attached hydrogens (primary N) is 2. The lowest BCUT2D eigenvalue weighted by Gasteiger charge is -2.07. The van der Waals surface area contributed by atoms with Gasteiger partial charge in [-0.1, -0.05) is 58.5 Å². The number of hydrazine groups is 1. The number of nitriles is 1. The summed E-state index contributed by atoms with van der Waals surface area (Å²) in [6.07, 6.45) is 1.38. The lowest BCUT2D eigenvalue weighted by molar-refractivity contribution is 0.891. The van der Waals surface area contributed by atoms with Crippen molar-refractivity contribution in [3.05, 3.63) is 68.2 Å². The molecule has 27 heavy (non-hydrogen) atoms. The molecule has 5 N–H and O–H groups in total. The average Bonchev–Trinajstić information content (AvgIpc) is 3.01. The van der Waals surface area contributed by atoms with Crippen molar-refractivity contribution in [1.82, 2.24) is 9.78 Å². The van der Waals surface area contributed by atoms with Gasteiger partial charge in [0.05, 0.1) is 37.7 Å². The predicted molar refractivity (Wildman–Crippen MR) is 114 cm³/mol. The molecule has 0 bridgehead atoms. The van der Waals surface area contributed by atoms with Gasteiger partial charge in [0.25, 0.3) is 0 Å². The normalized spacial score (nSPS) is 9.48. The van der Waals surface area contributed by atoms with Gasteiger partial charge in [0.15, 0.2) is 0 Å². The molecule has 0 atom stereocenters. The molecule has 0 saturated carbocycles. The molecular formula is C16H13Cl5N6. The first-order chi connectivity index (χ1) is 12.4. The van der Waals surface area contributed by atoms with Crippen molar-refractivity contribution >= 4 is 70.3 Å². The van der Waals surface area contributed by atoms with Crippen LogP contribution >= 0.6 is 58.8 Å². The number of anilines is 2. The van der Waals surface area contributed by atoms with E-state index >= 15 is 0 Å². The molecule has 0 fully saturated rings. The van der Waals surface area contributed by atoms with E-state index in [0.29, 0.717) is 37.0 Å². The minimum absolute atomic E-state index is 0. The molecule has 1 aromatic heterocycles. The van der Waals surface area contributed by atoms with Gasteiger partial charge in [-0.15, -0.1) is 12.4 Å². The Labute approximate surface area is 181 Å². The quantitative estimate of drug-likeness (QED) is 0.349. The third-order valence-corrected chi connectivity index (χ3v) is 4.82. The van der Waals surface area contributed by atoms with Crippen LogP contribution in [-0.4, -0.2) is 9.78 Å². The summed E-state index contributed by atoms with van der Waals surface area (Å²) in [7, 11) is 0. The lowest BCUT2D eigenvalue weighted by Crippen LogP contribution is -2.06. The van der Waals surface area contributed by atoms with Gasteiger partial charge in [-0.3, -0.25) is 5.84 Å². The number of benzene rings is 2. The van der Waals surface area contributed by atoms with Gasteiger partial charge in [0.2, 0.25) is 0 Å². The number of nitrogens with zero attached hydrogens (tertiary/aromatic N) is 3. The van der Waals surface area contributed by atoms with Crippen molar-refractivity contribution in [3.63, 3.8) is 0 Å². The van der Waals surface area contributed by atoms with Crippen LogP contribution in [0.1, 0.15) is 5.56 Å². The molecule has 3 rings (SSSR count). The van der Waals surface area contributed by atoms with Crippen LogP contribution in [0.15, 0.2) is 42.6 Å². The topological polar surface area (TPSA) is 106 Å². The summed E-state index contributed by atoms with van der Waals surface area (Å²) in [6, 6.07) is 12.3. The van der Waals surface area contributed by atoms with E-state index in [9.17, 15) is 0 Å². The summed E-state index contributed by atoms with van der Waals surface area (Å²) in [6.45, 7) is 0. The summed E-state index contributed by atoms with van der Waals surface area (Å²) in [5.74, 6) is 5.37. The minimum Gasteiger partial charge on any atom is -0.382 e. The van der Waals surface area contributed by atoms with Crippen LogP contribution in [0.25, 0.3) is 5.69 Å². The zero-order chi connectivity index (χ0) is 19.3. The van der Waals surface area contributed by atoms with Gasteiger partial charge in [0.1, 0.15) is 17.5 Å². The van der Waals surface area contributed by atoms with Crippen molar-refractivity contribution in [2.75, 3.05) is 11.2 Å². The standard InChI is InChI=1S/C10H6Cl2N4.C6H6Cl2N2.ClH/c11-7-2-1-3-8(9(7)12)16-10(14)6(4-13)5-15-16;7-4-2-1-3-5(10-9)6(4)8;/h1-3,5H,14H2;1-3,10H,9H2;1H. The molecule has 3 aromatic rings. The fourth-order valence-corrected chi connectivity index (χ4v) is 2.64. The van der Waals surface area contributed by atoms with E-state index in [0.717, 1.165) is 0 Å². The summed E-state index contributed by atoms with van der Waals surface area (Å²) in [4.78, 5) is 0. The number of nitrogen functional groups attached to an aromatic ring is 2. The maximum atomic E-state index is 8.76. The van der Waals surface area contributed by atoms with E-state index in [4.69, 9.17) is 63.2 Å². The van der Waals surface area contributed by atoms with Gasteiger partial charge in [-0.25, -0.2) is 4.68 Å². The molecule has 6 nitrogen and oxygen atoms in total. The van der Waals surface area contributed by atoms with E-state index in [2.05, 4.69) is 10.5 Å². The van der Waals surface area contributed by atoms with Crippen LogP contribution in [0.5, 0.6) is 0 Å². The summed E-state index contributed by atoms with van der Waals surface area (Å²) in [5.41, 5.74) is 9.65. The molecule has 0 saturated heterocycles. The molecule has 0 unspecified atom stereocenters. The Balaban J connectivity index is 0.000000288. The molecule has 0 aliphatic carbocycles. The number of hydrogen-bond donors (Lipinski definition) is 3. The predicted octanol–water partition coefficient (Wildman–Crippen LogP) is 5.33. The highest BCUT2D eigenvalue weighted by atomic mass is 35.5. The van der Waals surface area contributed by atoms with Crippen LogP contribution in [0, 0.1) is 11.3 Å². The van der Waals surface area contributed by atoms with Gasteiger partial charge in [-0.2, -0.15) is 10.4 Å². The molecule has 11 heteroatoms. The number of aromatic nitrogens is 2. The molecular weight excluding hydrogens is 453 g/mol. The largest absolute Gasteiger partial charge is 0.382 e. The van der Waals surface area contributed by atoms with E-state index in [1.54, 1.807) is 36.4 Å². The van der Waals surface area contributed by atoms with Crippen LogP contribution in [0.3, 0.4) is 0 Å². The fraction of sp³-hybridized carbons (Fsp3) is 0. The number of rotatable bonds is 2. The Hall–Kier alpha value is -1.85. The lowest BCUT2D eigenvalue weighted by atomic mass is 10.3. The second-order valence-electron chi connectivity index (χ2n) is 4.79. The third kappa shape index (κ3) is 5.33. The molecule has 0 radical (unpaired) electrons. The average molecular weight is 467 g/mol. The number of halogens is 5. The van der Waals surface area contributed by atoms with Crippen molar-refractivity contribution in [2.24, 2.45) is 5.84 Å². The fourth-order valence-electron chi connectivity index (χ4n) is 1.91. The van der Waals surface area contributed by atoms with Crippen molar-refractivity contribution in [1.29, 1.82) is 5.26 Å². The van der Waals surface area contributed by atoms with Crippen molar-refractivity contribution in [2.45, 2.75) is 0 Å². The van der Waals surface area contributed by atoms with E-state index < -0.39 is 0 Å². The second-order valence-corrected chi connectivity index (χ2v) is 6.36. The molecule has 2 aromatic carbocycles. The highest BCUT2D eigenvalue weighted by molar-refractivity contribution is 6.44. The molecule has 0 spiro atoms. The Kier molecular flexibility index (Phi) is 9.00. The highest BCUT2D eigenvalue weighted by Crippen LogP contribution is 2.30. The first kappa shape index (κ1) is 23.2. The SMILES string of the molecule is Cl.N#Cc1cnn(-c2cccc(Cl)c2Cl)c1N.NNc1cccc(Cl)c1Cl. The van der Waals surface area contributed by atoms with E-state index in [1.807, 2.05) is 6.07 Å². The minimum atomic E-state index is 0. The van der Waals surface area contributed by atoms with Gasteiger partial charge in [0, 0.05) is 0 Å². The molecule has 0 aliphatic heterocycles. The highest BCUT2D eigenvalue weighted by Gasteiger charge is 2.12. The van der Waals surface area contributed by atoms with Gasteiger partial charge in [-0.05, 0) is 24.3 Å². The molecule has 142 valence electrons. The second kappa shape index (κ2) is 10.5. The smallest absolute Gasteiger partial charge is 0.145 e. The first-order valence-corrected chi connectivity index (χ1v) is 8.50. The van der Waals surface area contributed by atoms with Crippen LogP contribution in [0.4, 0.5) is 11.5 Å². The summed E-state index contributed by atoms with van der Waals surface area (Å²) < 4.78 is 1.38.